The SMILES string of the molecule is COc1ncc(-c2nc(N3CCOCC3)c3cc(C(C)(C)O)sc3n2)cn1. The normalized spacial score (nSPS) is 15.3. The van der Waals surface area contributed by atoms with Crippen LogP contribution in [-0.4, -0.2) is 58.5 Å². The van der Waals surface area contributed by atoms with Crippen molar-refractivity contribution in [1.82, 2.24) is 19.9 Å². The van der Waals surface area contributed by atoms with Crippen LogP contribution >= 0.6 is 11.3 Å². The topological polar surface area (TPSA) is 93.5 Å². The van der Waals surface area contributed by atoms with Crippen molar-refractivity contribution >= 4 is 27.4 Å². The fraction of sp³-hybridized carbons (Fsp3) is 0.444. The van der Waals surface area contributed by atoms with Gasteiger partial charge in [-0.1, -0.05) is 0 Å². The molecule has 0 saturated carbocycles. The predicted octanol–water partition coefficient (Wildman–Crippen LogP) is 2.22. The van der Waals surface area contributed by atoms with Gasteiger partial charge in [0.2, 0.25) is 0 Å². The first-order valence-corrected chi connectivity index (χ1v) is 9.51. The quantitative estimate of drug-likeness (QED) is 0.728. The molecule has 0 aliphatic carbocycles. The van der Waals surface area contributed by atoms with Gasteiger partial charge in [-0.2, -0.15) is 0 Å². The van der Waals surface area contributed by atoms with E-state index >= 15 is 0 Å². The monoisotopic (exact) mass is 387 g/mol. The van der Waals surface area contributed by atoms with Crippen molar-refractivity contribution in [2.75, 3.05) is 38.3 Å². The van der Waals surface area contributed by atoms with Gasteiger partial charge in [0, 0.05) is 30.4 Å². The summed E-state index contributed by atoms with van der Waals surface area (Å²) in [5, 5.41) is 11.4. The van der Waals surface area contributed by atoms with Crippen molar-refractivity contribution in [3.63, 3.8) is 0 Å². The molecule has 0 amide bonds. The van der Waals surface area contributed by atoms with E-state index in [2.05, 4.69) is 14.9 Å². The standard InChI is InChI=1S/C18H21N5O3S/c1-18(2,24)13-8-12-15(23-4-6-26-7-5-23)21-14(22-16(12)27-13)11-9-19-17(25-3)20-10-11/h8-10,24H,4-7H2,1-3H3. The van der Waals surface area contributed by atoms with Crippen LogP contribution in [0.15, 0.2) is 18.5 Å². The molecule has 3 aromatic heterocycles. The first-order valence-electron chi connectivity index (χ1n) is 8.69. The molecular weight excluding hydrogens is 366 g/mol. The first kappa shape index (κ1) is 18.0. The van der Waals surface area contributed by atoms with E-state index in [1.165, 1.54) is 18.4 Å². The molecule has 3 aromatic rings. The molecule has 0 radical (unpaired) electrons. The summed E-state index contributed by atoms with van der Waals surface area (Å²) in [6.45, 7) is 6.40. The van der Waals surface area contributed by atoms with Gasteiger partial charge in [0.1, 0.15) is 10.6 Å². The Hall–Kier alpha value is -2.36. The lowest BCUT2D eigenvalue weighted by Gasteiger charge is -2.28. The van der Waals surface area contributed by atoms with Crippen LogP contribution in [0.5, 0.6) is 6.01 Å². The maximum Gasteiger partial charge on any atom is 0.316 e. The van der Waals surface area contributed by atoms with E-state index in [4.69, 9.17) is 19.4 Å². The lowest BCUT2D eigenvalue weighted by molar-refractivity contribution is 0.0826. The average molecular weight is 387 g/mol. The van der Waals surface area contributed by atoms with Crippen LogP contribution in [0, 0.1) is 0 Å². The van der Waals surface area contributed by atoms with Crippen molar-refractivity contribution in [1.29, 1.82) is 0 Å². The number of nitrogens with zero attached hydrogens (tertiary/aromatic N) is 5. The van der Waals surface area contributed by atoms with Crippen molar-refractivity contribution < 1.29 is 14.6 Å². The molecule has 0 spiro atoms. The number of thiophene rings is 1. The number of aliphatic hydroxyl groups is 1. The molecule has 1 N–H and O–H groups in total. The molecule has 9 heteroatoms. The highest BCUT2D eigenvalue weighted by atomic mass is 32.1. The van der Waals surface area contributed by atoms with Crippen LogP contribution in [0.25, 0.3) is 21.6 Å². The van der Waals surface area contributed by atoms with Gasteiger partial charge in [0.25, 0.3) is 0 Å². The Balaban J connectivity index is 1.86. The minimum absolute atomic E-state index is 0.300. The zero-order valence-corrected chi connectivity index (χ0v) is 16.3. The highest BCUT2D eigenvalue weighted by molar-refractivity contribution is 7.18. The Bertz CT molecular complexity index is 946. The van der Waals surface area contributed by atoms with Crippen LogP contribution in [0.4, 0.5) is 5.82 Å². The Kier molecular flexibility index (Phi) is 4.67. The minimum Gasteiger partial charge on any atom is -0.467 e. The van der Waals surface area contributed by atoms with Crippen LogP contribution in [-0.2, 0) is 10.3 Å². The van der Waals surface area contributed by atoms with E-state index in [0.717, 1.165) is 34.0 Å². The van der Waals surface area contributed by atoms with Crippen molar-refractivity contribution in [3.05, 3.63) is 23.3 Å². The smallest absolute Gasteiger partial charge is 0.316 e. The second-order valence-electron chi connectivity index (χ2n) is 6.82. The summed E-state index contributed by atoms with van der Waals surface area (Å²) in [6.07, 6.45) is 3.31. The van der Waals surface area contributed by atoms with E-state index in [9.17, 15) is 5.11 Å². The molecule has 8 nitrogen and oxygen atoms in total. The van der Waals surface area contributed by atoms with E-state index < -0.39 is 5.60 Å². The summed E-state index contributed by atoms with van der Waals surface area (Å²) in [6, 6.07) is 2.28. The summed E-state index contributed by atoms with van der Waals surface area (Å²) >= 11 is 1.47. The molecule has 1 saturated heterocycles. The second kappa shape index (κ2) is 6.99. The van der Waals surface area contributed by atoms with Gasteiger partial charge in [0.15, 0.2) is 5.82 Å². The molecule has 4 heterocycles. The average Bonchev–Trinajstić information content (AvgIpc) is 3.13. The molecule has 0 atom stereocenters. The Labute approximate surface area is 160 Å². The number of aromatic nitrogens is 4. The minimum atomic E-state index is -0.933. The van der Waals surface area contributed by atoms with Crippen LogP contribution < -0.4 is 9.64 Å². The molecule has 27 heavy (non-hydrogen) atoms. The predicted molar refractivity (Wildman–Crippen MR) is 103 cm³/mol. The van der Waals surface area contributed by atoms with Gasteiger partial charge in [-0.15, -0.1) is 11.3 Å². The number of ether oxygens (including phenoxy) is 2. The van der Waals surface area contributed by atoms with E-state index in [-0.39, 0.29) is 0 Å². The molecule has 1 aliphatic rings. The van der Waals surface area contributed by atoms with Crippen molar-refractivity contribution in [2.45, 2.75) is 19.4 Å². The number of methoxy groups -OCH3 is 1. The third kappa shape index (κ3) is 3.58. The second-order valence-corrected chi connectivity index (χ2v) is 7.85. The number of morpholine rings is 1. The molecule has 0 bridgehead atoms. The lowest BCUT2D eigenvalue weighted by Crippen LogP contribution is -2.37. The zero-order chi connectivity index (χ0) is 19.0. The maximum atomic E-state index is 10.4. The van der Waals surface area contributed by atoms with Gasteiger partial charge in [0.05, 0.1) is 36.9 Å². The number of hydrogen-bond donors (Lipinski definition) is 1. The van der Waals surface area contributed by atoms with Crippen molar-refractivity contribution in [3.8, 4) is 17.4 Å². The first-order chi connectivity index (χ1) is 13.0. The summed E-state index contributed by atoms with van der Waals surface area (Å²) in [4.78, 5) is 21.7. The van der Waals surface area contributed by atoms with E-state index in [1.54, 1.807) is 26.2 Å². The highest BCUT2D eigenvalue weighted by Gasteiger charge is 2.24. The fourth-order valence-corrected chi connectivity index (χ4v) is 3.92. The van der Waals surface area contributed by atoms with E-state index in [0.29, 0.717) is 30.6 Å². The summed E-state index contributed by atoms with van der Waals surface area (Å²) < 4.78 is 10.5. The number of anilines is 1. The molecule has 4 rings (SSSR count). The number of hydrogen-bond acceptors (Lipinski definition) is 9. The molecule has 1 aliphatic heterocycles. The van der Waals surface area contributed by atoms with Crippen LogP contribution in [0.1, 0.15) is 18.7 Å². The summed E-state index contributed by atoms with van der Waals surface area (Å²) in [5.74, 6) is 1.40. The Morgan fingerprint density at radius 3 is 2.52 bits per heavy atom. The van der Waals surface area contributed by atoms with Crippen molar-refractivity contribution in [2.24, 2.45) is 0 Å². The van der Waals surface area contributed by atoms with Gasteiger partial charge in [-0.05, 0) is 19.9 Å². The molecular formula is C18H21N5O3S. The molecule has 1 fully saturated rings. The summed E-state index contributed by atoms with van der Waals surface area (Å²) in [7, 11) is 1.53. The maximum absolute atomic E-state index is 10.4. The highest BCUT2D eigenvalue weighted by Crippen LogP contribution is 2.37. The molecule has 142 valence electrons. The third-order valence-electron chi connectivity index (χ3n) is 4.36. The van der Waals surface area contributed by atoms with Gasteiger partial charge < -0.3 is 19.5 Å². The number of rotatable bonds is 4. The third-order valence-corrected chi connectivity index (χ3v) is 5.70. The number of fused-ring (bicyclic) bond motifs is 1. The lowest BCUT2D eigenvalue weighted by atomic mass is 10.1. The molecule has 0 unspecified atom stereocenters. The Morgan fingerprint density at radius 2 is 1.89 bits per heavy atom. The summed E-state index contributed by atoms with van der Waals surface area (Å²) in [5.41, 5.74) is -0.220. The van der Waals surface area contributed by atoms with Crippen LogP contribution in [0.3, 0.4) is 0 Å². The van der Waals surface area contributed by atoms with Gasteiger partial charge in [-0.3, -0.25) is 0 Å². The fourth-order valence-electron chi connectivity index (χ4n) is 2.89. The van der Waals surface area contributed by atoms with Crippen LogP contribution in [0.2, 0.25) is 0 Å². The van der Waals surface area contributed by atoms with Gasteiger partial charge in [-0.25, -0.2) is 19.9 Å². The Morgan fingerprint density at radius 1 is 1.19 bits per heavy atom. The largest absolute Gasteiger partial charge is 0.467 e. The zero-order valence-electron chi connectivity index (χ0n) is 15.5. The van der Waals surface area contributed by atoms with E-state index in [1.807, 2.05) is 6.07 Å². The van der Waals surface area contributed by atoms with Gasteiger partial charge >= 0.3 is 6.01 Å². The molecule has 0 aromatic carbocycles.